The van der Waals surface area contributed by atoms with Gasteiger partial charge in [0.1, 0.15) is 6.61 Å². The number of esters is 1. The first-order valence-electron chi connectivity index (χ1n) is 16.4. The molecule has 0 amide bonds. The van der Waals surface area contributed by atoms with Crippen LogP contribution in [-0.2, 0) is 16.1 Å². The summed E-state index contributed by atoms with van der Waals surface area (Å²) >= 11 is 0. The zero-order valence-electron chi connectivity index (χ0n) is 26.7. The van der Waals surface area contributed by atoms with Crippen LogP contribution in [0.15, 0.2) is 47.1 Å². The quantitative estimate of drug-likeness (QED) is 0.174. The fourth-order valence-corrected chi connectivity index (χ4v) is 11.5. The van der Waals surface area contributed by atoms with Crippen LogP contribution in [0.1, 0.15) is 118 Å². The Morgan fingerprint density at radius 3 is 2.34 bits per heavy atom. The monoisotopic (exact) mass is 559 g/mol. The van der Waals surface area contributed by atoms with Crippen LogP contribution in [0.5, 0.6) is 0 Å². The Labute approximate surface area is 248 Å². The van der Waals surface area contributed by atoms with Gasteiger partial charge in [-0.25, -0.2) is 0 Å². The second-order valence-electron chi connectivity index (χ2n) is 16.7. The highest BCUT2D eigenvalue weighted by Crippen LogP contribution is 2.75. The minimum absolute atomic E-state index is 0.0394. The van der Waals surface area contributed by atoms with E-state index in [1.807, 2.05) is 30.3 Å². The number of allylic oxidation sites excluding steroid dienone is 2. The van der Waals surface area contributed by atoms with E-state index in [1.165, 1.54) is 12.8 Å². The molecule has 4 heteroatoms. The summed E-state index contributed by atoms with van der Waals surface area (Å²) in [5.74, 6) is 1.41. The van der Waals surface area contributed by atoms with Crippen LogP contribution in [0.3, 0.4) is 0 Å². The molecule has 1 aromatic carbocycles. The van der Waals surface area contributed by atoms with Gasteiger partial charge in [0.05, 0.1) is 11.1 Å². The molecule has 1 aromatic rings. The SMILES string of the molecule is CC1(C)CC[C@]2(C(=O)OCc3ccccc3)CC[C@]3(C)C(=CC[C@@H]4[C@@]5(C)CC/C(=N\O)C(C)(C)[C@@H]5CC[C@]43C)[C@@H]2C1. The van der Waals surface area contributed by atoms with Gasteiger partial charge in [0.2, 0.25) is 0 Å². The molecule has 4 fully saturated rings. The zero-order chi connectivity index (χ0) is 29.5. The number of hydrogen-bond acceptors (Lipinski definition) is 4. The fraction of sp³-hybridized carbons (Fsp3) is 0.730. The molecule has 224 valence electrons. The van der Waals surface area contributed by atoms with Gasteiger partial charge in [-0.15, -0.1) is 0 Å². The van der Waals surface area contributed by atoms with Gasteiger partial charge in [-0.1, -0.05) is 95.6 Å². The summed E-state index contributed by atoms with van der Waals surface area (Å²) in [6, 6.07) is 10.1. The van der Waals surface area contributed by atoms with E-state index >= 15 is 0 Å². The van der Waals surface area contributed by atoms with Crippen LogP contribution < -0.4 is 0 Å². The van der Waals surface area contributed by atoms with Crippen molar-refractivity contribution in [3.05, 3.63) is 47.5 Å². The molecule has 0 heterocycles. The molecule has 0 bridgehead atoms. The lowest BCUT2D eigenvalue weighted by atomic mass is 9.33. The van der Waals surface area contributed by atoms with Gasteiger partial charge in [-0.2, -0.15) is 0 Å². The second kappa shape index (κ2) is 9.45. The maximum Gasteiger partial charge on any atom is 0.313 e. The van der Waals surface area contributed by atoms with Crippen molar-refractivity contribution in [2.75, 3.05) is 0 Å². The molecule has 6 rings (SSSR count). The molecular weight excluding hydrogens is 506 g/mol. The van der Waals surface area contributed by atoms with Crippen molar-refractivity contribution in [3.8, 4) is 0 Å². The molecule has 0 saturated heterocycles. The van der Waals surface area contributed by atoms with Gasteiger partial charge in [-0.3, -0.25) is 4.79 Å². The number of fused-ring (bicyclic) bond motifs is 7. The Bertz CT molecular complexity index is 1260. The average molecular weight is 560 g/mol. The average Bonchev–Trinajstić information content (AvgIpc) is 2.92. The molecule has 5 aliphatic rings. The smallest absolute Gasteiger partial charge is 0.313 e. The lowest BCUT2D eigenvalue weighted by Crippen LogP contribution is -2.64. The Morgan fingerprint density at radius 2 is 1.63 bits per heavy atom. The van der Waals surface area contributed by atoms with E-state index < -0.39 is 5.41 Å². The van der Waals surface area contributed by atoms with Crippen molar-refractivity contribution >= 4 is 11.7 Å². The van der Waals surface area contributed by atoms with Crippen LogP contribution >= 0.6 is 0 Å². The van der Waals surface area contributed by atoms with Crippen molar-refractivity contribution < 1.29 is 14.7 Å². The summed E-state index contributed by atoms with van der Waals surface area (Å²) in [6.07, 6.45) is 13.2. The molecule has 4 saturated carbocycles. The molecule has 4 nitrogen and oxygen atoms in total. The maximum absolute atomic E-state index is 14.2. The van der Waals surface area contributed by atoms with Crippen LogP contribution in [-0.4, -0.2) is 16.9 Å². The molecule has 5 aliphatic carbocycles. The van der Waals surface area contributed by atoms with Gasteiger partial charge >= 0.3 is 5.97 Å². The van der Waals surface area contributed by atoms with Gasteiger partial charge < -0.3 is 9.94 Å². The number of benzene rings is 1. The third kappa shape index (κ3) is 4.04. The number of carbonyl (C=O) groups excluding carboxylic acids is 1. The number of carbonyl (C=O) groups is 1. The lowest BCUT2D eigenvalue weighted by molar-refractivity contribution is -0.183. The van der Waals surface area contributed by atoms with E-state index in [0.717, 1.165) is 62.6 Å². The van der Waals surface area contributed by atoms with E-state index in [9.17, 15) is 10.0 Å². The number of nitrogens with zero attached hydrogens (tertiary/aromatic N) is 1. The van der Waals surface area contributed by atoms with E-state index in [2.05, 4.69) is 59.7 Å². The lowest BCUT2D eigenvalue weighted by Gasteiger charge is -2.70. The summed E-state index contributed by atoms with van der Waals surface area (Å²) in [6.45, 7) is 17.6. The standard InChI is InChI=1S/C37H53NO3/c1-32(2)19-21-37(31(39)41-24-25-11-9-8-10-12-25)22-20-35(6)26(27(37)23-32)13-14-29-34(5)17-16-30(38-40)33(3,4)28(34)15-18-36(29,35)7/h8-13,27-29,40H,14-24H2,1-7H3/b38-30+/t27-,28-,29+,34-,35+,36+,37-/m0/s1. The largest absolute Gasteiger partial charge is 0.460 e. The maximum atomic E-state index is 14.2. The molecule has 0 spiro atoms. The van der Waals surface area contributed by atoms with E-state index in [0.29, 0.717) is 18.4 Å². The highest BCUT2D eigenvalue weighted by molar-refractivity contribution is 5.90. The fourth-order valence-electron chi connectivity index (χ4n) is 11.5. The number of ether oxygens (including phenoxy) is 1. The van der Waals surface area contributed by atoms with Gasteiger partial charge in [0, 0.05) is 5.41 Å². The first kappa shape index (κ1) is 29.0. The number of oxime groups is 1. The zero-order valence-corrected chi connectivity index (χ0v) is 26.7. The van der Waals surface area contributed by atoms with Crippen molar-refractivity contribution in [1.29, 1.82) is 0 Å². The summed E-state index contributed by atoms with van der Waals surface area (Å²) < 4.78 is 6.17. The predicted molar refractivity (Wildman–Crippen MR) is 164 cm³/mol. The van der Waals surface area contributed by atoms with Gasteiger partial charge in [-0.05, 0) is 109 Å². The Balaban J connectivity index is 1.36. The highest BCUT2D eigenvalue weighted by Gasteiger charge is 2.69. The third-order valence-electron chi connectivity index (χ3n) is 14.2. The number of rotatable bonds is 3. The number of hydrogen-bond donors (Lipinski definition) is 1. The van der Waals surface area contributed by atoms with Crippen molar-refractivity contribution in [1.82, 2.24) is 0 Å². The summed E-state index contributed by atoms with van der Waals surface area (Å²) in [4.78, 5) is 14.2. The van der Waals surface area contributed by atoms with Crippen molar-refractivity contribution in [2.24, 2.45) is 55.4 Å². The topological polar surface area (TPSA) is 58.9 Å². The summed E-state index contributed by atoms with van der Waals surface area (Å²) in [5, 5.41) is 13.6. The normalized spacial score (nSPS) is 43.5. The summed E-state index contributed by atoms with van der Waals surface area (Å²) in [7, 11) is 0. The molecule has 7 atom stereocenters. The van der Waals surface area contributed by atoms with Crippen LogP contribution in [0.2, 0.25) is 0 Å². The van der Waals surface area contributed by atoms with E-state index in [4.69, 9.17) is 4.74 Å². The summed E-state index contributed by atoms with van der Waals surface area (Å²) in [5.41, 5.74) is 3.86. The molecule has 0 radical (unpaired) electrons. The van der Waals surface area contributed by atoms with Gasteiger partial charge in [0.25, 0.3) is 0 Å². The van der Waals surface area contributed by atoms with E-state index in [1.54, 1.807) is 5.57 Å². The Hall–Kier alpha value is -2.10. The van der Waals surface area contributed by atoms with Crippen LogP contribution in [0.4, 0.5) is 0 Å². The second-order valence-corrected chi connectivity index (χ2v) is 16.7. The Kier molecular flexibility index (Phi) is 6.68. The van der Waals surface area contributed by atoms with Crippen molar-refractivity contribution in [3.63, 3.8) is 0 Å². The van der Waals surface area contributed by atoms with Crippen LogP contribution in [0, 0.1) is 50.2 Å². The predicted octanol–water partition coefficient (Wildman–Crippen LogP) is 9.36. The molecule has 0 aliphatic heterocycles. The van der Waals surface area contributed by atoms with Crippen LogP contribution in [0.25, 0.3) is 0 Å². The molecule has 0 unspecified atom stereocenters. The minimum atomic E-state index is -0.404. The highest BCUT2D eigenvalue weighted by atomic mass is 16.5. The first-order chi connectivity index (χ1) is 19.2. The molecule has 1 N–H and O–H groups in total. The molecule has 0 aromatic heterocycles. The first-order valence-corrected chi connectivity index (χ1v) is 16.4. The van der Waals surface area contributed by atoms with Crippen molar-refractivity contribution in [2.45, 2.75) is 119 Å². The molecular formula is C37H53NO3. The van der Waals surface area contributed by atoms with Gasteiger partial charge in [0.15, 0.2) is 0 Å². The Morgan fingerprint density at radius 1 is 0.927 bits per heavy atom. The third-order valence-corrected chi connectivity index (χ3v) is 14.2. The van der Waals surface area contributed by atoms with E-state index in [-0.39, 0.29) is 39.0 Å². The molecule has 41 heavy (non-hydrogen) atoms. The minimum Gasteiger partial charge on any atom is -0.460 e.